The van der Waals surface area contributed by atoms with Gasteiger partial charge in [0.1, 0.15) is 17.3 Å². The zero-order valence-corrected chi connectivity index (χ0v) is 16.4. The van der Waals surface area contributed by atoms with Crippen LogP contribution in [0.1, 0.15) is 17.2 Å². The fourth-order valence-electron chi connectivity index (χ4n) is 3.64. The smallest absolute Gasteiger partial charge is 0.300 e. The summed E-state index contributed by atoms with van der Waals surface area (Å²) in [6, 6.07) is 15.5. The van der Waals surface area contributed by atoms with Crippen molar-refractivity contribution in [3.63, 3.8) is 0 Å². The molecule has 1 unspecified atom stereocenters. The highest BCUT2D eigenvalue weighted by molar-refractivity contribution is 6.51. The van der Waals surface area contributed by atoms with E-state index < -0.39 is 28.4 Å². The molecule has 0 bridgehead atoms. The molecule has 160 valence electrons. The quantitative estimate of drug-likeness (QED) is 0.188. The molecule has 1 aliphatic rings. The number of aliphatic hydroxyl groups is 1. The van der Waals surface area contributed by atoms with Gasteiger partial charge in [0.25, 0.3) is 17.4 Å². The third-order valence-electron chi connectivity index (χ3n) is 5.12. The van der Waals surface area contributed by atoms with Crippen molar-refractivity contribution in [2.75, 3.05) is 4.90 Å². The predicted octanol–water partition coefficient (Wildman–Crippen LogP) is 3.63. The highest BCUT2D eigenvalue weighted by atomic mass is 16.6. The molecule has 3 aromatic carbocycles. The maximum atomic E-state index is 13.0. The van der Waals surface area contributed by atoms with E-state index in [4.69, 9.17) is 0 Å². The van der Waals surface area contributed by atoms with Gasteiger partial charge in [-0.2, -0.15) is 0 Å². The molecule has 0 radical (unpaired) electrons. The molecule has 0 aromatic heterocycles. The highest BCUT2D eigenvalue weighted by Crippen LogP contribution is 2.44. The van der Waals surface area contributed by atoms with Crippen LogP contribution in [0.4, 0.5) is 11.4 Å². The maximum Gasteiger partial charge on any atom is 0.300 e. The number of nitro benzene ring substituents is 1. The first-order valence-corrected chi connectivity index (χ1v) is 9.42. The summed E-state index contributed by atoms with van der Waals surface area (Å²) < 4.78 is 0. The monoisotopic (exact) mass is 432 g/mol. The molecule has 3 aromatic rings. The van der Waals surface area contributed by atoms with Gasteiger partial charge in [-0.1, -0.05) is 36.4 Å². The largest absolute Gasteiger partial charge is 0.508 e. The minimum Gasteiger partial charge on any atom is -0.508 e. The SMILES string of the molecule is O=C1C(=O)N(c2ccccc2O)C(c2ccc(O)cc2)/C1=C(/O)c1cccc([N+](=O)[O-])c1. The van der Waals surface area contributed by atoms with Crippen molar-refractivity contribution < 1.29 is 29.8 Å². The van der Waals surface area contributed by atoms with Crippen LogP contribution >= 0.6 is 0 Å². The fraction of sp³-hybridized carbons (Fsp3) is 0.0435. The number of hydrogen-bond donors (Lipinski definition) is 3. The lowest BCUT2D eigenvalue weighted by atomic mass is 9.95. The number of amides is 1. The number of aromatic hydroxyl groups is 2. The number of ketones is 1. The summed E-state index contributed by atoms with van der Waals surface area (Å²) in [6.45, 7) is 0. The lowest BCUT2D eigenvalue weighted by Crippen LogP contribution is -2.29. The number of phenolic OH excluding ortho intramolecular Hbond substituents is 2. The molecule has 0 aliphatic carbocycles. The molecule has 1 fully saturated rings. The van der Waals surface area contributed by atoms with E-state index in [1.807, 2.05) is 0 Å². The molecule has 1 amide bonds. The van der Waals surface area contributed by atoms with E-state index in [9.17, 15) is 35.0 Å². The summed E-state index contributed by atoms with van der Waals surface area (Å²) in [5, 5.41) is 42.1. The summed E-state index contributed by atoms with van der Waals surface area (Å²) in [5.41, 5.74) is -0.198. The Kier molecular flexibility index (Phi) is 5.07. The summed E-state index contributed by atoms with van der Waals surface area (Å²) in [4.78, 5) is 37.5. The third kappa shape index (κ3) is 3.41. The number of carbonyl (C=O) groups is 2. The first-order valence-electron chi connectivity index (χ1n) is 9.42. The lowest BCUT2D eigenvalue weighted by molar-refractivity contribution is -0.384. The van der Waals surface area contributed by atoms with Gasteiger partial charge in [0.2, 0.25) is 0 Å². The Hall–Kier alpha value is -4.66. The van der Waals surface area contributed by atoms with Gasteiger partial charge >= 0.3 is 0 Å². The van der Waals surface area contributed by atoms with Crippen molar-refractivity contribution in [3.05, 3.63) is 99.6 Å². The van der Waals surface area contributed by atoms with E-state index in [0.29, 0.717) is 5.56 Å². The fourth-order valence-corrected chi connectivity index (χ4v) is 3.64. The molecule has 3 N–H and O–H groups in total. The zero-order chi connectivity index (χ0) is 23.0. The maximum absolute atomic E-state index is 13.0. The minimum absolute atomic E-state index is 0.0155. The summed E-state index contributed by atoms with van der Waals surface area (Å²) in [6.07, 6.45) is 0. The van der Waals surface area contributed by atoms with Gasteiger partial charge < -0.3 is 15.3 Å². The Morgan fingerprint density at radius 2 is 1.62 bits per heavy atom. The van der Waals surface area contributed by atoms with Gasteiger partial charge in [0, 0.05) is 17.7 Å². The molecular formula is C23H16N2O7. The molecule has 1 saturated heterocycles. The number of nitro groups is 1. The van der Waals surface area contributed by atoms with E-state index >= 15 is 0 Å². The van der Waals surface area contributed by atoms with Gasteiger partial charge in [-0.25, -0.2) is 0 Å². The molecule has 1 aliphatic heterocycles. The molecule has 0 spiro atoms. The average Bonchev–Trinajstić information content (AvgIpc) is 3.05. The average molecular weight is 432 g/mol. The second-order valence-electron chi connectivity index (χ2n) is 7.06. The summed E-state index contributed by atoms with van der Waals surface area (Å²) >= 11 is 0. The summed E-state index contributed by atoms with van der Waals surface area (Å²) in [7, 11) is 0. The third-order valence-corrected chi connectivity index (χ3v) is 5.12. The van der Waals surface area contributed by atoms with Gasteiger partial charge in [0.05, 0.1) is 22.2 Å². The number of phenols is 2. The van der Waals surface area contributed by atoms with Crippen molar-refractivity contribution >= 4 is 28.8 Å². The Labute approximate surface area is 181 Å². The van der Waals surface area contributed by atoms with E-state index in [0.717, 1.165) is 11.0 Å². The van der Waals surface area contributed by atoms with Crippen LogP contribution in [0, 0.1) is 10.1 Å². The first kappa shape index (κ1) is 20.6. The molecule has 4 rings (SSSR count). The molecule has 1 heterocycles. The standard InChI is InChI=1S/C23H16N2O7/c26-16-10-8-13(9-11-16)20-19(21(28)14-4-3-5-15(12-14)25(31)32)22(29)23(30)24(20)17-6-1-2-7-18(17)27/h1-12,20,26-28H/b21-19-. The van der Waals surface area contributed by atoms with E-state index in [-0.39, 0.29) is 34.0 Å². The van der Waals surface area contributed by atoms with Crippen molar-refractivity contribution in [3.8, 4) is 11.5 Å². The zero-order valence-electron chi connectivity index (χ0n) is 16.4. The van der Waals surface area contributed by atoms with Crippen molar-refractivity contribution in [1.29, 1.82) is 0 Å². The number of non-ortho nitro benzene ring substituents is 1. The van der Waals surface area contributed by atoms with Crippen molar-refractivity contribution in [1.82, 2.24) is 0 Å². The number of benzene rings is 3. The van der Waals surface area contributed by atoms with E-state index in [1.165, 1.54) is 54.6 Å². The number of anilines is 1. The molecule has 0 saturated carbocycles. The van der Waals surface area contributed by atoms with Crippen LogP contribution in [-0.2, 0) is 9.59 Å². The van der Waals surface area contributed by atoms with Gasteiger partial charge in [-0.15, -0.1) is 0 Å². The summed E-state index contributed by atoms with van der Waals surface area (Å²) in [5.74, 6) is -2.91. The Bertz CT molecular complexity index is 1280. The van der Waals surface area contributed by atoms with Crippen LogP contribution in [0.2, 0.25) is 0 Å². The number of rotatable bonds is 4. The lowest BCUT2D eigenvalue weighted by Gasteiger charge is -2.26. The number of nitrogens with zero attached hydrogens (tertiary/aromatic N) is 2. The predicted molar refractivity (Wildman–Crippen MR) is 114 cm³/mol. The number of carbonyl (C=O) groups excluding carboxylic acids is 2. The van der Waals surface area contributed by atoms with E-state index in [2.05, 4.69) is 0 Å². The van der Waals surface area contributed by atoms with Crippen molar-refractivity contribution in [2.24, 2.45) is 0 Å². The van der Waals surface area contributed by atoms with Gasteiger partial charge in [-0.05, 0) is 29.8 Å². The first-order chi connectivity index (χ1) is 15.3. The molecule has 9 nitrogen and oxygen atoms in total. The number of aliphatic hydroxyl groups excluding tert-OH is 1. The van der Waals surface area contributed by atoms with Crippen LogP contribution in [0.5, 0.6) is 11.5 Å². The normalized spacial score (nSPS) is 17.5. The molecule has 9 heteroatoms. The Morgan fingerprint density at radius 1 is 0.938 bits per heavy atom. The van der Waals surface area contributed by atoms with Crippen LogP contribution in [0.15, 0.2) is 78.4 Å². The van der Waals surface area contributed by atoms with Crippen LogP contribution < -0.4 is 4.90 Å². The number of hydrogen-bond acceptors (Lipinski definition) is 7. The molecular weight excluding hydrogens is 416 g/mol. The topological polar surface area (TPSA) is 141 Å². The van der Waals surface area contributed by atoms with Crippen LogP contribution in [0.3, 0.4) is 0 Å². The van der Waals surface area contributed by atoms with Crippen LogP contribution in [-0.4, -0.2) is 31.9 Å². The van der Waals surface area contributed by atoms with Gasteiger partial charge in [0.15, 0.2) is 0 Å². The Morgan fingerprint density at radius 3 is 2.28 bits per heavy atom. The second kappa shape index (κ2) is 7.88. The second-order valence-corrected chi connectivity index (χ2v) is 7.06. The van der Waals surface area contributed by atoms with Gasteiger partial charge in [-0.3, -0.25) is 24.6 Å². The number of para-hydroxylation sites is 2. The molecule has 32 heavy (non-hydrogen) atoms. The highest BCUT2D eigenvalue weighted by Gasteiger charge is 2.47. The number of Topliss-reactive ketones (excluding diaryl/α,β-unsaturated/α-hetero) is 1. The minimum atomic E-state index is -1.15. The molecule has 1 atom stereocenters. The van der Waals surface area contributed by atoms with Crippen LogP contribution in [0.25, 0.3) is 5.76 Å². The van der Waals surface area contributed by atoms with E-state index in [1.54, 1.807) is 12.1 Å². The Balaban J connectivity index is 1.97. The van der Waals surface area contributed by atoms with Crippen molar-refractivity contribution in [2.45, 2.75) is 6.04 Å².